The maximum Gasteiger partial charge on any atom is 0.259 e. The molecule has 4 aromatic rings. The summed E-state index contributed by atoms with van der Waals surface area (Å²) in [4.78, 5) is 27.2. The normalized spacial score (nSPS) is 15.1. The van der Waals surface area contributed by atoms with E-state index in [0.29, 0.717) is 34.2 Å². The average Bonchev–Trinajstić information content (AvgIpc) is 2.82. The minimum Gasteiger partial charge on any atom is -0.397 e. The second-order valence-electron chi connectivity index (χ2n) is 8.82. The summed E-state index contributed by atoms with van der Waals surface area (Å²) in [7, 11) is 2.18. The number of nitrogen functional groups attached to an aromatic ring is 1. The highest BCUT2D eigenvalue weighted by molar-refractivity contribution is 5.95. The summed E-state index contributed by atoms with van der Waals surface area (Å²) in [6.07, 6.45) is 4.01. The van der Waals surface area contributed by atoms with Gasteiger partial charge in [0.25, 0.3) is 5.56 Å². The molecular weight excluding hydrogens is 412 g/mol. The number of aromatic nitrogens is 3. The Morgan fingerprint density at radius 3 is 2.52 bits per heavy atom. The number of likely N-dealkylation sites (tertiary alicyclic amines) is 1. The van der Waals surface area contributed by atoms with Crippen LogP contribution in [0.4, 0.5) is 17.2 Å². The van der Waals surface area contributed by atoms with Gasteiger partial charge in [0, 0.05) is 11.9 Å². The lowest BCUT2D eigenvalue weighted by atomic mass is 9.89. The molecule has 33 heavy (non-hydrogen) atoms. The van der Waals surface area contributed by atoms with E-state index in [-0.39, 0.29) is 5.56 Å². The molecule has 1 aliphatic rings. The van der Waals surface area contributed by atoms with Crippen LogP contribution in [0.5, 0.6) is 0 Å². The SMILES string of the molecule is Cc1nc(-c2cc3cc[nH]c(=O)c3c(Nc3ccc(C4CCN(C)CC4)cc3)n2)ccc1N. The third-order valence-corrected chi connectivity index (χ3v) is 6.51. The summed E-state index contributed by atoms with van der Waals surface area (Å²) >= 11 is 0. The van der Waals surface area contributed by atoms with Gasteiger partial charge in [0.2, 0.25) is 0 Å². The lowest BCUT2D eigenvalue weighted by Crippen LogP contribution is -2.29. The number of aryl methyl sites for hydroxylation is 1. The summed E-state index contributed by atoms with van der Waals surface area (Å²) in [5.41, 5.74) is 10.8. The van der Waals surface area contributed by atoms with E-state index in [1.165, 1.54) is 18.4 Å². The van der Waals surface area contributed by atoms with Crippen LogP contribution in [-0.2, 0) is 0 Å². The lowest BCUT2D eigenvalue weighted by molar-refractivity contribution is 0.255. The highest BCUT2D eigenvalue weighted by Gasteiger charge is 2.18. The number of hydrogen-bond donors (Lipinski definition) is 3. The third-order valence-electron chi connectivity index (χ3n) is 6.51. The molecule has 0 radical (unpaired) electrons. The average molecular weight is 441 g/mol. The minimum atomic E-state index is -0.182. The van der Waals surface area contributed by atoms with E-state index in [2.05, 4.69) is 51.5 Å². The van der Waals surface area contributed by atoms with Crippen molar-refractivity contribution in [3.05, 3.63) is 76.3 Å². The monoisotopic (exact) mass is 440 g/mol. The predicted octanol–water partition coefficient (Wildman–Crippen LogP) is 4.43. The summed E-state index contributed by atoms with van der Waals surface area (Å²) in [5, 5.41) is 4.69. The second kappa shape index (κ2) is 8.67. The van der Waals surface area contributed by atoms with Gasteiger partial charge in [-0.15, -0.1) is 0 Å². The molecule has 1 fully saturated rings. The molecule has 7 nitrogen and oxygen atoms in total. The molecule has 0 unspecified atom stereocenters. The number of hydrogen-bond acceptors (Lipinski definition) is 6. The van der Waals surface area contributed by atoms with E-state index in [1.807, 2.05) is 31.2 Å². The molecule has 0 atom stereocenters. The van der Waals surface area contributed by atoms with Crippen LogP contribution in [0.3, 0.4) is 0 Å². The first kappa shape index (κ1) is 21.2. The Morgan fingerprint density at radius 1 is 1.03 bits per heavy atom. The van der Waals surface area contributed by atoms with Crippen LogP contribution in [0.15, 0.2) is 59.5 Å². The van der Waals surface area contributed by atoms with Crippen LogP contribution in [0, 0.1) is 6.92 Å². The maximum atomic E-state index is 12.7. The van der Waals surface area contributed by atoms with Crippen molar-refractivity contribution in [2.75, 3.05) is 31.2 Å². The number of piperidine rings is 1. The molecular formula is C26H28N6O. The largest absolute Gasteiger partial charge is 0.397 e. The summed E-state index contributed by atoms with van der Waals surface area (Å²) in [6.45, 7) is 4.14. The molecule has 0 bridgehead atoms. The molecule has 4 heterocycles. The molecule has 0 saturated carbocycles. The molecule has 1 aliphatic heterocycles. The smallest absolute Gasteiger partial charge is 0.259 e. The number of anilines is 3. The Bertz CT molecular complexity index is 1350. The zero-order chi connectivity index (χ0) is 22.9. The van der Waals surface area contributed by atoms with Crippen LogP contribution >= 0.6 is 0 Å². The molecule has 4 N–H and O–H groups in total. The van der Waals surface area contributed by atoms with Gasteiger partial charge < -0.3 is 20.9 Å². The fraction of sp³-hybridized carbons (Fsp3) is 0.269. The molecule has 1 saturated heterocycles. The van der Waals surface area contributed by atoms with E-state index >= 15 is 0 Å². The van der Waals surface area contributed by atoms with Gasteiger partial charge in [0.05, 0.1) is 28.2 Å². The number of benzene rings is 1. The number of nitrogens with zero attached hydrogens (tertiary/aromatic N) is 3. The van der Waals surface area contributed by atoms with Crippen molar-refractivity contribution in [2.24, 2.45) is 0 Å². The Labute approximate surface area is 192 Å². The number of H-pyrrole nitrogens is 1. The quantitative estimate of drug-likeness (QED) is 0.434. The van der Waals surface area contributed by atoms with Gasteiger partial charge in [-0.25, -0.2) is 9.97 Å². The van der Waals surface area contributed by atoms with Crippen molar-refractivity contribution in [3.63, 3.8) is 0 Å². The van der Waals surface area contributed by atoms with Gasteiger partial charge in [-0.05, 0) is 93.2 Å². The first-order chi connectivity index (χ1) is 16.0. The van der Waals surface area contributed by atoms with Crippen LogP contribution in [0.2, 0.25) is 0 Å². The lowest BCUT2D eigenvalue weighted by Gasteiger charge is -2.29. The minimum absolute atomic E-state index is 0.182. The Kier molecular flexibility index (Phi) is 5.56. The molecule has 3 aromatic heterocycles. The number of rotatable bonds is 4. The van der Waals surface area contributed by atoms with Crippen molar-refractivity contribution in [1.29, 1.82) is 0 Å². The van der Waals surface area contributed by atoms with Crippen molar-refractivity contribution < 1.29 is 0 Å². The van der Waals surface area contributed by atoms with Gasteiger partial charge in [0.15, 0.2) is 0 Å². The van der Waals surface area contributed by atoms with E-state index in [0.717, 1.165) is 29.9 Å². The van der Waals surface area contributed by atoms with Gasteiger partial charge >= 0.3 is 0 Å². The third kappa shape index (κ3) is 4.32. The maximum absolute atomic E-state index is 12.7. The highest BCUT2D eigenvalue weighted by atomic mass is 16.1. The first-order valence-electron chi connectivity index (χ1n) is 11.3. The standard InChI is InChI=1S/C26H28N6O/c1-16-21(27)7-8-22(29-16)23-15-19-9-12-28-26(33)24(19)25(31-23)30-20-5-3-17(4-6-20)18-10-13-32(2)14-11-18/h3-9,12,15,18H,10-11,13-14,27H2,1-2H3,(H,28,33)(H,30,31). The summed E-state index contributed by atoms with van der Waals surface area (Å²) < 4.78 is 0. The molecule has 0 amide bonds. The fourth-order valence-electron chi connectivity index (χ4n) is 4.47. The molecule has 168 valence electrons. The molecule has 0 spiro atoms. The number of nitrogens with two attached hydrogens (primary N) is 1. The van der Waals surface area contributed by atoms with Crippen molar-refractivity contribution in [1.82, 2.24) is 19.9 Å². The molecule has 0 aliphatic carbocycles. The fourth-order valence-corrected chi connectivity index (χ4v) is 4.47. The summed E-state index contributed by atoms with van der Waals surface area (Å²) in [5.74, 6) is 1.10. The summed E-state index contributed by atoms with van der Waals surface area (Å²) in [6, 6.07) is 15.9. The zero-order valence-electron chi connectivity index (χ0n) is 18.9. The van der Waals surface area contributed by atoms with Crippen molar-refractivity contribution >= 4 is 28.0 Å². The van der Waals surface area contributed by atoms with Gasteiger partial charge in [-0.3, -0.25) is 4.79 Å². The molecule has 1 aromatic carbocycles. The van der Waals surface area contributed by atoms with Crippen LogP contribution in [0.1, 0.15) is 30.0 Å². The number of aromatic amines is 1. The number of fused-ring (bicyclic) bond motifs is 1. The van der Waals surface area contributed by atoms with E-state index < -0.39 is 0 Å². The second-order valence-corrected chi connectivity index (χ2v) is 8.82. The van der Waals surface area contributed by atoms with Crippen molar-refractivity contribution in [2.45, 2.75) is 25.7 Å². The van der Waals surface area contributed by atoms with Gasteiger partial charge in [-0.2, -0.15) is 0 Å². The van der Waals surface area contributed by atoms with Gasteiger partial charge in [-0.1, -0.05) is 12.1 Å². The number of nitrogens with one attached hydrogen (secondary N) is 2. The zero-order valence-corrected chi connectivity index (χ0v) is 18.9. The molecule has 7 heteroatoms. The topological polar surface area (TPSA) is 99.9 Å². The predicted molar refractivity (Wildman–Crippen MR) is 134 cm³/mol. The van der Waals surface area contributed by atoms with Crippen LogP contribution in [-0.4, -0.2) is 40.0 Å². The van der Waals surface area contributed by atoms with Gasteiger partial charge in [0.1, 0.15) is 5.82 Å². The van der Waals surface area contributed by atoms with E-state index in [1.54, 1.807) is 6.20 Å². The van der Waals surface area contributed by atoms with Crippen LogP contribution < -0.4 is 16.6 Å². The van der Waals surface area contributed by atoms with Crippen LogP contribution in [0.25, 0.3) is 22.2 Å². The Hall–Kier alpha value is -3.71. The number of pyridine rings is 3. The van der Waals surface area contributed by atoms with E-state index in [9.17, 15) is 4.79 Å². The highest BCUT2D eigenvalue weighted by Crippen LogP contribution is 2.31. The Balaban J connectivity index is 1.50. The van der Waals surface area contributed by atoms with Crippen molar-refractivity contribution in [3.8, 4) is 11.4 Å². The Morgan fingerprint density at radius 2 is 1.79 bits per heavy atom. The van der Waals surface area contributed by atoms with E-state index in [4.69, 9.17) is 10.7 Å². The molecule has 5 rings (SSSR count). The first-order valence-corrected chi connectivity index (χ1v) is 11.3.